The van der Waals surface area contributed by atoms with Gasteiger partial charge in [-0.25, -0.2) is 9.66 Å². The third kappa shape index (κ3) is 3.81. The zero-order valence-electron chi connectivity index (χ0n) is 13.2. The van der Waals surface area contributed by atoms with Crippen molar-refractivity contribution < 1.29 is 0 Å². The van der Waals surface area contributed by atoms with E-state index in [9.17, 15) is 0 Å². The molecule has 126 valence electrons. The smallest absolute Gasteiger partial charge is 0.210 e. The lowest BCUT2D eigenvalue weighted by Crippen LogP contribution is -2.11. The molecule has 0 aliphatic rings. The number of fused-ring (bicyclic) bond motifs is 1. The zero-order chi connectivity index (χ0) is 17.1. The molecule has 0 unspecified atom stereocenters. The van der Waals surface area contributed by atoms with Crippen molar-refractivity contribution in [3.8, 4) is 0 Å². The molecule has 25 heavy (non-hydrogen) atoms. The summed E-state index contributed by atoms with van der Waals surface area (Å²) in [6.45, 7) is 0. The fourth-order valence-corrected chi connectivity index (χ4v) is 4.98. The van der Waals surface area contributed by atoms with Crippen LogP contribution in [-0.4, -0.2) is 19.9 Å². The molecular formula is C17H15N5S3. The summed E-state index contributed by atoms with van der Waals surface area (Å²) >= 11 is 4.84. The second-order valence-electron chi connectivity index (χ2n) is 5.27. The van der Waals surface area contributed by atoms with Crippen molar-refractivity contribution in [1.82, 2.24) is 19.9 Å². The van der Waals surface area contributed by atoms with Crippen LogP contribution < -0.4 is 5.84 Å². The van der Waals surface area contributed by atoms with E-state index in [0.717, 1.165) is 27.2 Å². The van der Waals surface area contributed by atoms with E-state index in [4.69, 9.17) is 5.84 Å². The van der Waals surface area contributed by atoms with Gasteiger partial charge in [0.05, 0.1) is 16.0 Å². The number of nitrogens with zero attached hydrogens (tertiary/aromatic N) is 4. The molecule has 0 fully saturated rings. The van der Waals surface area contributed by atoms with Crippen LogP contribution in [0.4, 0.5) is 0 Å². The molecule has 0 radical (unpaired) electrons. The second-order valence-corrected chi connectivity index (χ2v) is 8.27. The highest BCUT2D eigenvalue weighted by Crippen LogP contribution is 2.29. The van der Waals surface area contributed by atoms with E-state index in [1.54, 1.807) is 39.5 Å². The summed E-state index contributed by atoms with van der Waals surface area (Å²) in [4.78, 5) is 4.63. The minimum Gasteiger partial charge on any atom is -0.335 e. The molecule has 0 bridgehead atoms. The molecule has 5 nitrogen and oxygen atoms in total. The Morgan fingerprint density at radius 3 is 2.32 bits per heavy atom. The SMILES string of the molecule is Nn1c(SCc2ccccc2)nnc1SCc1nc2ccccc2s1. The molecule has 0 spiro atoms. The number of aromatic nitrogens is 4. The normalized spacial score (nSPS) is 11.2. The van der Waals surface area contributed by atoms with Gasteiger partial charge in [-0.05, 0) is 17.7 Å². The van der Waals surface area contributed by atoms with E-state index in [1.807, 2.05) is 36.4 Å². The quantitative estimate of drug-likeness (QED) is 0.396. The van der Waals surface area contributed by atoms with Crippen molar-refractivity contribution >= 4 is 45.1 Å². The van der Waals surface area contributed by atoms with Crippen LogP contribution in [0.3, 0.4) is 0 Å². The summed E-state index contributed by atoms with van der Waals surface area (Å²) in [7, 11) is 0. The molecule has 8 heteroatoms. The first-order valence-corrected chi connectivity index (χ1v) is 10.4. The Balaban J connectivity index is 1.40. The number of thioether (sulfide) groups is 2. The first kappa shape index (κ1) is 16.4. The van der Waals surface area contributed by atoms with Gasteiger partial charge in [0.15, 0.2) is 0 Å². The number of nitrogen functional groups attached to an aromatic ring is 1. The van der Waals surface area contributed by atoms with Crippen LogP contribution in [0.15, 0.2) is 64.9 Å². The van der Waals surface area contributed by atoms with Gasteiger partial charge in [-0.3, -0.25) is 0 Å². The Hall–Kier alpha value is -2.03. The van der Waals surface area contributed by atoms with Gasteiger partial charge in [-0.1, -0.05) is 66.0 Å². The van der Waals surface area contributed by atoms with Crippen LogP contribution in [0, 0.1) is 0 Å². The summed E-state index contributed by atoms with van der Waals surface area (Å²) in [6, 6.07) is 18.4. The minimum atomic E-state index is 0.704. The Kier molecular flexibility index (Phi) is 4.91. The third-order valence-corrected chi connectivity index (χ3v) is 6.69. The van der Waals surface area contributed by atoms with Gasteiger partial charge in [-0.2, -0.15) is 0 Å². The van der Waals surface area contributed by atoms with Gasteiger partial charge < -0.3 is 5.84 Å². The summed E-state index contributed by atoms with van der Waals surface area (Å²) in [5.41, 5.74) is 2.27. The first-order valence-electron chi connectivity index (χ1n) is 7.64. The van der Waals surface area contributed by atoms with E-state index in [0.29, 0.717) is 5.16 Å². The fraction of sp³-hybridized carbons (Fsp3) is 0.118. The maximum absolute atomic E-state index is 6.14. The van der Waals surface area contributed by atoms with Crippen molar-refractivity contribution in [2.75, 3.05) is 5.84 Å². The Morgan fingerprint density at radius 1 is 0.880 bits per heavy atom. The largest absolute Gasteiger partial charge is 0.335 e. The predicted octanol–water partition coefficient (Wildman–Crippen LogP) is 4.19. The Labute approximate surface area is 157 Å². The summed E-state index contributed by atoms with van der Waals surface area (Å²) in [5, 5.41) is 10.9. The average molecular weight is 386 g/mol. The van der Waals surface area contributed by atoms with Gasteiger partial charge in [0.2, 0.25) is 10.3 Å². The molecule has 4 rings (SSSR count). The van der Waals surface area contributed by atoms with Crippen LogP contribution in [-0.2, 0) is 11.5 Å². The minimum absolute atomic E-state index is 0.704. The maximum atomic E-state index is 6.14. The van der Waals surface area contributed by atoms with Crippen molar-refractivity contribution in [2.24, 2.45) is 0 Å². The van der Waals surface area contributed by atoms with Crippen molar-refractivity contribution in [1.29, 1.82) is 0 Å². The number of benzene rings is 2. The molecule has 0 saturated heterocycles. The van der Waals surface area contributed by atoms with E-state index >= 15 is 0 Å². The molecule has 2 heterocycles. The highest BCUT2D eigenvalue weighted by Gasteiger charge is 2.12. The molecule has 2 aromatic heterocycles. The van der Waals surface area contributed by atoms with E-state index in [-0.39, 0.29) is 0 Å². The van der Waals surface area contributed by atoms with Crippen molar-refractivity contribution in [3.05, 3.63) is 65.2 Å². The number of rotatable bonds is 6. The molecule has 4 aromatic rings. The van der Waals surface area contributed by atoms with Crippen LogP contribution in [0.5, 0.6) is 0 Å². The topological polar surface area (TPSA) is 69.6 Å². The van der Waals surface area contributed by atoms with Crippen LogP contribution in [0.1, 0.15) is 10.6 Å². The monoisotopic (exact) mass is 385 g/mol. The molecule has 0 amide bonds. The first-order chi connectivity index (χ1) is 12.3. The third-order valence-electron chi connectivity index (χ3n) is 3.51. The van der Waals surface area contributed by atoms with E-state index in [1.165, 1.54) is 10.3 Å². The summed E-state index contributed by atoms with van der Waals surface area (Å²) in [5.74, 6) is 7.69. The van der Waals surface area contributed by atoms with Gasteiger partial charge >= 0.3 is 0 Å². The summed E-state index contributed by atoms with van der Waals surface area (Å²) in [6.07, 6.45) is 0. The van der Waals surface area contributed by atoms with Gasteiger partial charge in [-0.15, -0.1) is 21.5 Å². The molecule has 2 aromatic carbocycles. The zero-order valence-corrected chi connectivity index (χ0v) is 15.7. The second kappa shape index (κ2) is 7.47. The number of hydrogen-bond donors (Lipinski definition) is 1. The Morgan fingerprint density at radius 2 is 1.56 bits per heavy atom. The fourth-order valence-electron chi connectivity index (χ4n) is 2.29. The highest BCUT2D eigenvalue weighted by atomic mass is 32.2. The lowest BCUT2D eigenvalue weighted by Gasteiger charge is -2.03. The van der Waals surface area contributed by atoms with Crippen LogP contribution in [0.2, 0.25) is 0 Å². The van der Waals surface area contributed by atoms with Gasteiger partial charge in [0.25, 0.3) is 0 Å². The predicted molar refractivity (Wildman–Crippen MR) is 105 cm³/mol. The van der Waals surface area contributed by atoms with Gasteiger partial charge in [0, 0.05) is 5.75 Å². The van der Waals surface area contributed by atoms with Crippen molar-refractivity contribution in [2.45, 2.75) is 21.8 Å². The standard InChI is InChI=1S/C17H15N5S3/c18-22-16(23-10-12-6-2-1-3-7-12)20-21-17(22)24-11-15-19-13-8-4-5-9-14(13)25-15/h1-9H,10-11,18H2. The van der Waals surface area contributed by atoms with Crippen LogP contribution >= 0.6 is 34.9 Å². The van der Waals surface area contributed by atoms with Gasteiger partial charge in [0.1, 0.15) is 5.01 Å². The molecule has 0 saturated carbocycles. The van der Waals surface area contributed by atoms with Crippen molar-refractivity contribution in [3.63, 3.8) is 0 Å². The molecular weight excluding hydrogens is 370 g/mol. The molecule has 0 aliphatic heterocycles. The number of hydrogen-bond acceptors (Lipinski definition) is 7. The van der Waals surface area contributed by atoms with E-state index in [2.05, 4.69) is 33.4 Å². The number of thiazole rings is 1. The molecule has 0 aliphatic carbocycles. The average Bonchev–Trinajstić information content (AvgIpc) is 3.22. The number of para-hydroxylation sites is 1. The maximum Gasteiger partial charge on any atom is 0.210 e. The lowest BCUT2D eigenvalue weighted by atomic mass is 10.2. The van der Waals surface area contributed by atoms with Crippen LogP contribution in [0.25, 0.3) is 10.2 Å². The lowest BCUT2D eigenvalue weighted by molar-refractivity contribution is 0.781. The molecule has 0 atom stereocenters. The molecule has 2 N–H and O–H groups in total. The number of nitrogens with two attached hydrogens (primary N) is 1. The highest BCUT2D eigenvalue weighted by molar-refractivity contribution is 7.99. The van der Waals surface area contributed by atoms with E-state index < -0.39 is 0 Å². The Bertz CT molecular complexity index is 947. The summed E-state index contributed by atoms with van der Waals surface area (Å²) < 4.78 is 2.76.